The summed E-state index contributed by atoms with van der Waals surface area (Å²) in [5, 5.41) is 16.3. The monoisotopic (exact) mass is 315 g/mol. The molecule has 2 aliphatic rings. The summed E-state index contributed by atoms with van der Waals surface area (Å²) >= 11 is 0. The van der Waals surface area contributed by atoms with Gasteiger partial charge in [0.2, 0.25) is 5.65 Å². The van der Waals surface area contributed by atoms with Gasteiger partial charge in [-0.1, -0.05) is 0 Å². The number of hydrogen-bond acceptors (Lipinski definition) is 6. The fourth-order valence-corrected chi connectivity index (χ4v) is 3.15. The second-order valence-corrected chi connectivity index (χ2v) is 6.78. The van der Waals surface area contributed by atoms with Crippen molar-refractivity contribution in [2.24, 2.45) is 0 Å². The predicted octanol–water partition coefficient (Wildman–Crippen LogP) is 1.05. The molecule has 0 amide bonds. The van der Waals surface area contributed by atoms with Crippen molar-refractivity contribution in [3.8, 4) is 0 Å². The van der Waals surface area contributed by atoms with Gasteiger partial charge in [-0.3, -0.25) is 0 Å². The third kappa shape index (κ3) is 3.45. The average molecular weight is 315 g/mol. The van der Waals surface area contributed by atoms with E-state index in [1.54, 1.807) is 10.8 Å². The van der Waals surface area contributed by atoms with Crippen LogP contribution in [0.4, 0.5) is 5.69 Å². The van der Waals surface area contributed by atoms with E-state index in [4.69, 9.17) is 0 Å². The summed E-state index contributed by atoms with van der Waals surface area (Å²) in [6.45, 7) is 6.86. The molecule has 2 aromatic rings. The van der Waals surface area contributed by atoms with Gasteiger partial charge in [0.1, 0.15) is 6.33 Å². The summed E-state index contributed by atoms with van der Waals surface area (Å²) in [6.07, 6.45) is 5.34. The van der Waals surface area contributed by atoms with Crippen molar-refractivity contribution in [1.82, 2.24) is 29.6 Å². The quantitative estimate of drug-likeness (QED) is 0.804. The van der Waals surface area contributed by atoms with E-state index in [1.807, 2.05) is 0 Å². The SMILES string of the molecule is CN1CCN(CCCNc2cc(C3CC3)nn3cnnc23)CC1. The number of fused-ring (bicyclic) bond motifs is 1. The Balaban J connectivity index is 1.33. The van der Waals surface area contributed by atoms with Crippen molar-refractivity contribution in [2.45, 2.75) is 25.2 Å². The number of piperazine rings is 1. The van der Waals surface area contributed by atoms with Gasteiger partial charge >= 0.3 is 0 Å². The highest BCUT2D eigenvalue weighted by atomic mass is 15.3. The zero-order valence-electron chi connectivity index (χ0n) is 13.8. The smallest absolute Gasteiger partial charge is 0.200 e. The second-order valence-electron chi connectivity index (χ2n) is 6.78. The Morgan fingerprint density at radius 3 is 2.83 bits per heavy atom. The van der Waals surface area contributed by atoms with Crippen molar-refractivity contribution in [1.29, 1.82) is 0 Å². The van der Waals surface area contributed by atoms with Crippen LogP contribution < -0.4 is 5.32 Å². The number of hydrogen-bond donors (Lipinski definition) is 1. The van der Waals surface area contributed by atoms with Crippen LogP contribution in [-0.4, -0.2) is 75.9 Å². The largest absolute Gasteiger partial charge is 0.382 e. The minimum atomic E-state index is 0.632. The highest BCUT2D eigenvalue weighted by molar-refractivity contribution is 5.66. The van der Waals surface area contributed by atoms with Crippen LogP contribution >= 0.6 is 0 Å². The third-order valence-corrected chi connectivity index (χ3v) is 4.84. The Morgan fingerprint density at radius 1 is 1.22 bits per heavy atom. The Kier molecular flexibility index (Phi) is 4.13. The standard InChI is InChI=1S/C16H25N7/c1-21-7-9-22(10-8-21)6-2-5-17-15-11-14(13-3-4-13)20-23-12-18-19-16(15)23/h11-13,17H,2-10H2,1H3. The van der Waals surface area contributed by atoms with Crippen molar-refractivity contribution in [2.75, 3.05) is 51.6 Å². The molecule has 0 radical (unpaired) electrons. The molecule has 23 heavy (non-hydrogen) atoms. The van der Waals surface area contributed by atoms with Gasteiger partial charge in [0.25, 0.3) is 0 Å². The Morgan fingerprint density at radius 2 is 2.04 bits per heavy atom. The summed E-state index contributed by atoms with van der Waals surface area (Å²) < 4.78 is 1.80. The van der Waals surface area contributed by atoms with Gasteiger partial charge in [0.05, 0.1) is 11.4 Å². The average Bonchev–Trinajstić information content (AvgIpc) is 3.31. The van der Waals surface area contributed by atoms with E-state index in [0.717, 1.165) is 30.8 Å². The zero-order valence-corrected chi connectivity index (χ0v) is 13.8. The lowest BCUT2D eigenvalue weighted by Gasteiger charge is -2.32. The number of likely N-dealkylation sites (N-methyl/N-ethyl adjacent to an activating group) is 1. The van der Waals surface area contributed by atoms with Gasteiger partial charge in [-0.25, -0.2) is 0 Å². The predicted molar refractivity (Wildman–Crippen MR) is 89.8 cm³/mol. The summed E-state index contributed by atoms with van der Waals surface area (Å²) in [4.78, 5) is 4.95. The maximum atomic E-state index is 4.61. The van der Waals surface area contributed by atoms with E-state index < -0.39 is 0 Å². The molecule has 2 aromatic heterocycles. The second kappa shape index (κ2) is 6.41. The molecule has 7 nitrogen and oxygen atoms in total. The first-order valence-corrected chi connectivity index (χ1v) is 8.65. The zero-order chi connectivity index (χ0) is 15.6. The maximum absolute atomic E-state index is 4.61. The third-order valence-electron chi connectivity index (χ3n) is 4.84. The molecule has 3 heterocycles. The van der Waals surface area contributed by atoms with E-state index in [0.29, 0.717) is 5.92 Å². The number of rotatable bonds is 6. The normalized spacial score (nSPS) is 20.2. The van der Waals surface area contributed by atoms with Crippen molar-refractivity contribution in [3.63, 3.8) is 0 Å². The number of nitrogens with zero attached hydrogens (tertiary/aromatic N) is 6. The first-order chi connectivity index (χ1) is 11.3. The Bertz CT molecular complexity index is 655. The van der Waals surface area contributed by atoms with Gasteiger partial charge in [0.15, 0.2) is 0 Å². The Hall–Kier alpha value is -1.73. The molecule has 0 bridgehead atoms. The molecule has 124 valence electrons. The molecule has 0 spiro atoms. The van der Waals surface area contributed by atoms with Crippen LogP contribution in [0.5, 0.6) is 0 Å². The topological polar surface area (TPSA) is 61.6 Å². The summed E-state index contributed by atoms with van der Waals surface area (Å²) in [5.74, 6) is 0.632. The lowest BCUT2D eigenvalue weighted by Crippen LogP contribution is -2.44. The number of nitrogens with one attached hydrogen (secondary N) is 1. The number of anilines is 1. The highest BCUT2D eigenvalue weighted by Crippen LogP contribution is 2.39. The minimum absolute atomic E-state index is 0.632. The molecule has 1 saturated carbocycles. The summed E-state index contributed by atoms with van der Waals surface area (Å²) in [7, 11) is 2.20. The fourth-order valence-electron chi connectivity index (χ4n) is 3.15. The lowest BCUT2D eigenvalue weighted by atomic mass is 10.2. The minimum Gasteiger partial charge on any atom is -0.382 e. The van der Waals surface area contributed by atoms with Crippen molar-refractivity contribution >= 4 is 11.3 Å². The summed E-state index contributed by atoms with van der Waals surface area (Å²) in [6, 6.07) is 2.16. The van der Waals surface area contributed by atoms with Crippen LogP contribution in [0.1, 0.15) is 30.9 Å². The van der Waals surface area contributed by atoms with E-state index in [9.17, 15) is 0 Å². The molecule has 0 unspecified atom stereocenters. The van der Waals surface area contributed by atoms with Gasteiger partial charge in [-0.15, -0.1) is 10.2 Å². The number of aromatic nitrogens is 4. The van der Waals surface area contributed by atoms with Crippen LogP contribution in [0.25, 0.3) is 5.65 Å². The van der Waals surface area contributed by atoms with Crippen LogP contribution in [0.3, 0.4) is 0 Å². The molecular weight excluding hydrogens is 290 g/mol. The molecule has 7 heteroatoms. The summed E-state index contributed by atoms with van der Waals surface area (Å²) in [5.41, 5.74) is 3.06. The fraction of sp³-hybridized carbons (Fsp3) is 0.688. The van der Waals surface area contributed by atoms with Gasteiger partial charge in [0, 0.05) is 38.6 Å². The van der Waals surface area contributed by atoms with Gasteiger partial charge < -0.3 is 15.1 Å². The molecule has 1 saturated heterocycles. The molecule has 4 rings (SSSR count). The van der Waals surface area contributed by atoms with Crippen LogP contribution in [0, 0.1) is 0 Å². The first-order valence-electron chi connectivity index (χ1n) is 8.65. The van der Waals surface area contributed by atoms with E-state index in [-0.39, 0.29) is 0 Å². The molecule has 0 aromatic carbocycles. The van der Waals surface area contributed by atoms with Crippen molar-refractivity contribution in [3.05, 3.63) is 18.1 Å². The first kappa shape index (κ1) is 14.8. The van der Waals surface area contributed by atoms with Gasteiger partial charge in [-0.05, 0) is 38.9 Å². The lowest BCUT2D eigenvalue weighted by molar-refractivity contribution is 0.154. The molecule has 2 fully saturated rings. The molecular formula is C16H25N7. The van der Waals surface area contributed by atoms with Crippen molar-refractivity contribution < 1.29 is 0 Å². The molecule has 0 atom stereocenters. The van der Waals surface area contributed by atoms with Gasteiger partial charge in [-0.2, -0.15) is 9.61 Å². The maximum Gasteiger partial charge on any atom is 0.200 e. The van der Waals surface area contributed by atoms with E-state index >= 15 is 0 Å². The van der Waals surface area contributed by atoms with Crippen LogP contribution in [0.15, 0.2) is 12.4 Å². The molecule has 1 N–H and O–H groups in total. The van der Waals surface area contributed by atoms with E-state index in [1.165, 1.54) is 44.7 Å². The van der Waals surface area contributed by atoms with Crippen LogP contribution in [0.2, 0.25) is 0 Å². The van der Waals surface area contributed by atoms with E-state index in [2.05, 4.69) is 43.5 Å². The van der Waals surface area contributed by atoms with Crippen LogP contribution in [-0.2, 0) is 0 Å². The molecule has 1 aliphatic heterocycles. The molecule has 1 aliphatic carbocycles. The Labute approximate surface area is 136 Å². The highest BCUT2D eigenvalue weighted by Gasteiger charge is 2.26.